The van der Waals surface area contributed by atoms with Gasteiger partial charge >= 0.3 is 0 Å². The van der Waals surface area contributed by atoms with Crippen LogP contribution >= 0.6 is 31.9 Å². The second-order valence-corrected chi connectivity index (χ2v) is 5.43. The van der Waals surface area contributed by atoms with E-state index in [2.05, 4.69) is 44.1 Å². The van der Waals surface area contributed by atoms with Crippen LogP contribution in [0.5, 0.6) is 0 Å². The van der Waals surface area contributed by atoms with Crippen LogP contribution in [0, 0.1) is 0 Å². The maximum absolute atomic E-state index is 12.0. The molecule has 0 saturated carbocycles. The summed E-state index contributed by atoms with van der Waals surface area (Å²) in [6.07, 6.45) is 3.28. The third-order valence-electron chi connectivity index (χ3n) is 2.70. The second kappa shape index (κ2) is 5.87. The van der Waals surface area contributed by atoms with Gasteiger partial charge in [0.15, 0.2) is 4.67 Å². The number of hydrogen-bond acceptors (Lipinski definition) is 2. The zero-order valence-corrected chi connectivity index (χ0v) is 12.5. The number of nitrogens with one attached hydrogen (secondary N) is 1. The molecule has 1 rings (SSSR count). The number of furan rings is 1. The van der Waals surface area contributed by atoms with E-state index in [1.165, 1.54) is 6.26 Å². The Hall–Kier alpha value is -0.290. The van der Waals surface area contributed by atoms with Crippen molar-refractivity contribution in [1.82, 2.24) is 5.32 Å². The number of hydrogen-bond donors (Lipinski definition) is 1. The van der Waals surface area contributed by atoms with Crippen LogP contribution in [0.25, 0.3) is 0 Å². The minimum Gasteiger partial charge on any atom is -0.457 e. The summed E-state index contributed by atoms with van der Waals surface area (Å²) in [5.74, 6) is -0.106. The highest BCUT2D eigenvalue weighted by atomic mass is 79.9. The fourth-order valence-corrected chi connectivity index (χ4v) is 2.63. The van der Waals surface area contributed by atoms with Crippen molar-refractivity contribution in [3.8, 4) is 0 Å². The Balaban J connectivity index is 2.73. The lowest BCUT2D eigenvalue weighted by Crippen LogP contribution is -2.45. The Morgan fingerprint density at radius 1 is 1.62 bits per heavy atom. The summed E-state index contributed by atoms with van der Waals surface area (Å²) in [6.45, 7) is 4.10. The first-order valence-corrected chi connectivity index (χ1v) is 7.05. The first-order chi connectivity index (χ1) is 7.52. The SMILES string of the molecule is CCC(C)(CCBr)NC(=O)c1ccoc1Br. The topological polar surface area (TPSA) is 42.2 Å². The largest absolute Gasteiger partial charge is 0.457 e. The average Bonchev–Trinajstić information content (AvgIpc) is 2.65. The number of amides is 1. The zero-order chi connectivity index (χ0) is 12.2. The minimum absolute atomic E-state index is 0.106. The molecule has 5 heteroatoms. The van der Waals surface area contributed by atoms with Gasteiger partial charge in [-0.15, -0.1) is 0 Å². The molecule has 16 heavy (non-hydrogen) atoms. The summed E-state index contributed by atoms with van der Waals surface area (Å²) in [5.41, 5.74) is 0.353. The van der Waals surface area contributed by atoms with Crippen LogP contribution in [-0.2, 0) is 0 Å². The molecule has 0 radical (unpaired) electrons. The first-order valence-electron chi connectivity index (χ1n) is 5.14. The summed E-state index contributed by atoms with van der Waals surface area (Å²) in [6, 6.07) is 1.66. The monoisotopic (exact) mass is 351 g/mol. The maximum Gasteiger partial charge on any atom is 0.256 e. The molecule has 1 unspecified atom stereocenters. The van der Waals surface area contributed by atoms with Crippen molar-refractivity contribution < 1.29 is 9.21 Å². The number of rotatable bonds is 5. The maximum atomic E-state index is 12.0. The van der Waals surface area contributed by atoms with Crippen LogP contribution in [0.15, 0.2) is 21.4 Å². The lowest BCUT2D eigenvalue weighted by atomic mass is 9.95. The average molecular weight is 353 g/mol. The molecular weight excluding hydrogens is 338 g/mol. The summed E-state index contributed by atoms with van der Waals surface area (Å²) in [5, 5.41) is 3.89. The van der Waals surface area contributed by atoms with Crippen molar-refractivity contribution in [2.45, 2.75) is 32.2 Å². The van der Waals surface area contributed by atoms with Gasteiger partial charge in [-0.2, -0.15) is 0 Å². The van der Waals surface area contributed by atoms with E-state index in [4.69, 9.17) is 4.42 Å². The number of halogens is 2. The molecule has 0 bridgehead atoms. The number of alkyl halides is 1. The quantitative estimate of drug-likeness (QED) is 0.820. The molecule has 1 N–H and O–H groups in total. The van der Waals surface area contributed by atoms with E-state index in [-0.39, 0.29) is 11.4 Å². The predicted octanol–water partition coefficient (Wildman–Crippen LogP) is 3.73. The fourth-order valence-electron chi connectivity index (χ4n) is 1.33. The van der Waals surface area contributed by atoms with Gasteiger partial charge < -0.3 is 9.73 Å². The number of carbonyl (C=O) groups excluding carboxylic acids is 1. The van der Waals surface area contributed by atoms with Gasteiger partial charge in [0.1, 0.15) is 0 Å². The highest BCUT2D eigenvalue weighted by Gasteiger charge is 2.25. The van der Waals surface area contributed by atoms with E-state index in [9.17, 15) is 4.79 Å². The van der Waals surface area contributed by atoms with E-state index >= 15 is 0 Å². The van der Waals surface area contributed by atoms with E-state index in [1.807, 2.05) is 6.92 Å². The highest BCUT2D eigenvalue weighted by Crippen LogP contribution is 2.21. The molecule has 1 aromatic rings. The van der Waals surface area contributed by atoms with Gasteiger partial charge in [-0.05, 0) is 41.8 Å². The molecule has 0 fully saturated rings. The van der Waals surface area contributed by atoms with E-state index in [0.29, 0.717) is 10.2 Å². The minimum atomic E-state index is -0.183. The smallest absolute Gasteiger partial charge is 0.256 e. The molecule has 1 heterocycles. The molecular formula is C11H15Br2NO2. The molecule has 0 aliphatic rings. The van der Waals surface area contributed by atoms with Crippen molar-refractivity contribution in [2.24, 2.45) is 0 Å². The standard InChI is InChI=1S/C11H15Br2NO2/c1-3-11(2,5-6-12)14-10(15)8-4-7-16-9(8)13/h4,7H,3,5-6H2,1-2H3,(H,14,15). The molecule has 90 valence electrons. The van der Waals surface area contributed by atoms with Crippen LogP contribution < -0.4 is 5.32 Å². The molecule has 0 aliphatic heterocycles. The van der Waals surface area contributed by atoms with Gasteiger partial charge in [0.2, 0.25) is 0 Å². The normalized spacial score (nSPS) is 14.5. The molecule has 1 aromatic heterocycles. The van der Waals surface area contributed by atoms with E-state index in [1.54, 1.807) is 6.07 Å². The Kier molecular flexibility index (Phi) is 5.05. The van der Waals surface area contributed by atoms with Gasteiger partial charge in [0.05, 0.1) is 11.8 Å². The van der Waals surface area contributed by atoms with E-state index < -0.39 is 0 Å². The fraction of sp³-hybridized carbons (Fsp3) is 0.545. The highest BCUT2D eigenvalue weighted by molar-refractivity contribution is 9.10. The van der Waals surface area contributed by atoms with Crippen LogP contribution in [0.2, 0.25) is 0 Å². The first kappa shape index (κ1) is 13.8. The Morgan fingerprint density at radius 3 is 2.75 bits per heavy atom. The number of carbonyl (C=O) groups is 1. The Labute approximate surface area is 112 Å². The van der Waals surface area contributed by atoms with Crippen molar-refractivity contribution >= 4 is 37.8 Å². The van der Waals surface area contributed by atoms with Crippen LogP contribution in [0.3, 0.4) is 0 Å². The molecule has 3 nitrogen and oxygen atoms in total. The molecule has 0 saturated heterocycles. The molecule has 1 atom stereocenters. The summed E-state index contributed by atoms with van der Waals surface area (Å²) >= 11 is 6.60. The summed E-state index contributed by atoms with van der Waals surface area (Å²) < 4.78 is 5.51. The molecule has 1 amide bonds. The van der Waals surface area contributed by atoms with Crippen molar-refractivity contribution in [3.63, 3.8) is 0 Å². The van der Waals surface area contributed by atoms with Gasteiger partial charge in [-0.3, -0.25) is 4.79 Å². The molecule has 0 spiro atoms. The molecule has 0 aliphatic carbocycles. The van der Waals surface area contributed by atoms with Crippen LogP contribution in [0.4, 0.5) is 0 Å². The Bertz CT molecular complexity index is 365. The van der Waals surface area contributed by atoms with Gasteiger partial charge in [0.25, 0.3) is 5.91 Å². The van der Waals surface area contributed by atoms with Crippen LogP contribution in [-0.4, -0.2) is 16.8 Å². The van der Waals surface area contributed by atoms with Gasteiger partial charge in [-0.1, -0.05) is 22.9 Å². The second-order valence-electron chi connectivity index (χ2n) is 3.92. The lowest BCUT2D eigenvalue weighted by Gasteiger charge is -2.28. The van der Waals surface area contributed by atoms with Gasteiger partial charge in [0, 0.05) is 10.9 Å². The summed E-state index contributed by atoms with van der Waals surface area (Å²) in [4.78, 5) is 12.0. The third-order valence-corrected chi connectivity index (χ3v) is 3.72. The van der Waals surface area contributed by atoms with Gasteiger partial charge in [-0.25, -0.2) is 0 Å². The third kappa shape index (κ3) is 3.35. The van der Waals surface area contributed by atoms with E-state index in [0.717, 1.165) is 18.2 Å². The summed E-state index contributed by atoms with van der Waals surface area (Å²) in [7, 11) is 0. The zero-order valence-electron chi connectivity index (χ0n) is 9.35. The van der Waals surface area contributed by atoms with Crippen molar-refractivity contribution in [3.05, 3.63) is 22.6 Å². The predicted molar refractivity (Wildman–Crippen MR) is 71.0 cm³/mol. The molecule has 0 aromatic carbocycles. The lowest BCUT2D eigenvalue weighted by molar-refractivity contribution is 0.0900. The van der Waals surface area contributed by atoms with Crippen molar-refractivity contribution in [1.29, 1.82) is 0 Å². The van der Waals surface area contributed by atoms with Crippen molar-refractivity contribution in [2.75, 3.05) is 5.33 Å². The Morgan fingerprint density at radius 2 is 2.31 bits per heavy atom. The van der Waals surface area contributed by atoms with Crippen LogP contribution in [0.1, 0.15) is 37.0 Å².